The molecule has 0 atom stereocenters. The third-order valence-corrected chi connectivity index (χ3v) is 3.99. The second-order valence-electron chi connectivity index (χ2n) is 5.79. The van der Waals surface area contributed by atoms with Crippen molar-refractivity contribution in [3.8, 4) is 0 Å². The summed E-state index contributed by atoms with van der Waals surface area (Å²) in [5.74, 6) is -0.848. The topological polar surface area (TPSA) is 46.5 Å². The lowest BCUT2D eigenvalue weighted by Crippen LogP contribution is -2.18. The van der Waals surface area contributed by atoms with E-state index >= 15 is 0 Å². The van der Waals surface area contributed by atoms with Gasteiger partial charge >= 0.3 is 5.97 Å². The van der Waals surface area contributed by atoms with Crippen LogP contribution in [-0.2, 0) is 9.53 Å². The molecule has 0 aromatic carbocycles. The molecule has 112 valence electrons. The molecule has 0 aliphatic heterocycles. The van der Waals surface area contributed by atoms with Gasteiger partial charge in [0, 0.05) is 0 Å². The number of aliphatic carboxylic acids is 1. The molecule has 0 bridgehead atoms. The third-order valence-electron chi connectivity index (χ3n) is 3.99. The largest absolute Gasteiger partial charge is 0.480 e. The van der Waals surface area contributed by atoms with Crippen molar-refractivity contribution in [3.63, 3.8) is 0 Å². The summed E-state index contributed by atoms with van der Waals surface area (Å²) in [5, 5.41) is 8.70. The maximum absolute atomic E-state index is 10.6. The average Bonchev–Trinajstić information content (AvgIpc) is 2.39. The van der Waals surface area contributed by atoms with Crippen molar-refractivity contribution >= 4 is 5.97 Å². The highest BCUT2D eigenvalue weighted by atomic mass is 16.5. The quantitative estimate of drug-likeness (QED) is 0.819. The molecule has 0 amide bonds. The Morgan fingerprint density at radius 3 is 1.53 bits per heavy atom. The number of hydrogen-bond donors (Lipinski definition) is 1. The van der Waals surface area contributed by atoms with Crippen LogP contribution in [-0.4, -0.2) is 23.8 Å². The molecule has 1 saturated carbocycles. The van der Waals surface area contributed by atoms with Crippen LogP contribution in [0.1, 0.15) is 83.5 Å². The Kier molecular flexibility index (Phi) is 9.78. The van der Waals surface area contributed by atoms with Crippen molar-refractivity contribution in [1.29, 1.82) is 0 Å². The van der Waals surface area contributed by atoms with Crippen molar-refractivity contribution in [2.24, 2.45) is 0 Å². The first kappa shape index (κ1) is 16.5. The maximum Gasteiger partial charge on any atom is 0.329 e. The smallest absolute Gasteiger partial charge is 0.329 e. The number of carboxylic acid groups (broad SMARTS) is 1. The van der Waals surface area contributed by atoms with Gasteiger partial charge < -0.3 is 9.84 Å². The van der Waals surface area contributed by atoms with Crippen molar-refractivity contribution in [2.75, 3.05) is 6.61 Å². The summed E-state index contributed by atoms with van der Waals surface area (Å²) in [6, 6.07) is 0. The first-order valence-electron chi connectivity index (χ1n) is 8.12. The summed E-state index contributed by atoms with van der Waals surface area (Å²) in [6.45, 7) is -0.134. The third kappa shape index (κ3) is 9.94. The first-order valence-corrected chi connectivity index (χ1v) is 8.12. The lowest BCUT2D eigenvalue weighted by atomic mass is 10.00. The average molecular weight is 270 g/mol. The van der Waals surface area contributed by atoms with Gasteiger partial charge in [-0.2, -0.15) is 0 Å². The van der Waals surface area contributed by atoms with Gasteiger partial charge in [-0.05, 0) is 12.8 Å². The summed E-state index contributed by atoms with van der Waals surface area (Å²) in [7, 11) is 0. The van der Waals surface area contributed by atoms with Crippen LogP contribution >= 0.6 is 0 Å². The predicted molar refractivity (Wildman–Crippen MR) is 77.4 cm³/mol. The molecular formula is C16H30O3. The second-order valence-corrected chi connectivity index (χ2v) is 5.79. The summed E-state index contributed by atoms with van der Waals surface area (Å²) >= 11 is 0. The lowest BCUT2D eigenvalue weighted by molar-refractivity contribution is -0.144. The predicted octanol–water partition coefficient (Wildman–Crippen LogP) is 4.54. The number of rotatable bonds is 3. The van der Waals surface area contributed by atoms with E-state index in [2.05, 4.69) is 0 Å². The highest BCUT2D eigenvalue weighted by Gasteiger charge is 2.11. The Bertz CT molecular complexity index is 214. The summed E-state index contributed by atoms with van der Waals surface area (Å²) < 4.78 is 5.50. The van der Waals surface area contributed by atoms with Crippen LogP contribution in [0.15, 0.2) is 0 Å². The van der Waals surface area contributed by atoms with E-state index in [9.17, 15) is 4.79 Å². The van der Waals surface area contributed by atoms with Crippen LogP contribution in [0.5, 0.6) is 0 Å². The molecular weight excluding hydrogens is 240 g/mol. The van der Waals surface area contributed by atoms with Gasteiger partial charge in [-0.25, -0.2) is 4.79 Å². The zero-order chi connectivity index (χ0) is 13.8. The fourth-order valence-corrected chi connectivity index (χ4v) is 2.84. The van der Waals surface area contributed by atoms with E-state index in [4.69, 9.17) is 9.84 Å². The fraction of sp³-hybridized carbons (Fsp3) is 0.938. The minimum absolute atomic E-state index is 0.134. The Morgan fingerprint density at radius 1 is 0.789 bits per heavy atom. The Morgan fingerprint density at radius 2 is 1.16 bits per heavy atom. The van der Waals surface area contributed by atoms with Gasteiger partial charge in [0.1, 0.15) is 6.61 Å². The molecule has 3 nitrogen and oxygen atoms in total. The highest BCUT2D eigenvalue weighted by molar-refractivity contribution is 5.68. The van der Waals surface area contributed by atoms with Crippen LogP contribution in [0.3, 0.4) is 0 Å². The normalized spacial score (nSPS) is 21.7. The molecule has 0 unspecified atom stereocenters. The highest BCUT2D eigenvalue weighted by Crippen LogP contribution is 2.18. The standard InChI is InChI=1S/C16H30O3/c17-16(18)14-19-15-12-10-8-6-4-2-1-3-5-7-9-11-13-15/h15H,1-14H2,(H,17,18). The van der Waals surface area contributed by atoms with Gasteiger partial charge in [0.25, 0.3) is 0 Å². The monoisotopic (exact) mass is 270 g/mol. The maximum atomic E-state index is 10.6. The second kappa shape index (κ2) is 11.3. The van der Waals surface area contributed by atoms with Gasteiger partial charge in [0.05, 0.1) is 6.10 Å². The number of ether oxygens (including phenoxy) is 1. The van der Waals surface area contributed by atoms with Crippen molar-refractivity contribution < 1.29 is 14.6 Å². The molecule has 0 aromatic heterocycles. The first-order chi connectivity index (χ1) is 9.29. The molecule has 3 heteroatoms. The van der Waals surface area contributed by atoms with Gasteiger partial charge in [-0.15, -0.1) is 0 Å². The molecule has 1 rings (SSSR count). The Hall–Kier alpha value is -0.570. The van der Waals surface area contributed by atoms with E-state index in [0.717, 1.165) is 12.8 Å². The van der Waals surface area contributed by atoms with Gasteiger partial charge in [0.2, 0.25) is 0 Å². The van der Waals surface area contributed by atoms with E-state index < -0.39 is 5.97 Å². The van der Waals surface area contributed by atoms with Crippen LogP contribution in [0, 0.1) is 0 Å². The van der Waals surface area contributed by atoms with Crippen molar-refractivity contribution in [2.45, 2.75) is 89.6 Å². The van der Waals surface area contributed by atoms with E-state index in [1.54, 1.807) is 0 Å². The summed E-state index contributed by atoms with van der Waals surface area (Å²) in [5.41, 5.74) is 0. The van der Waals surface area contributed by atoms with Gasteiger partial charge in [-0.1, -0.05) is 70.6 Å². The molecule has 0 aromatic rings. The van der Waals surface area contributed by atoms with E-state index in [1.165, 1.54) is 70.6 Å². The number of carboxylic acids is 1. The van der Waals surface area contributed by atoms with Crippen LogP contribution < -0.4 is 0 Å². The number of hydrogen-bond acceptors (Lipinski definition) is 2. The molecule has 1 fully saturated rings. The van der Waals surface area contributed by atoms with Crippen molar-refractivity contribution in [3.05, 3.63) is 0 Å². The zero-order valence-corrected chi connectivity index (χ0v) is 12.2. The molecule has 1 N–H and O–H groups in total. The van der Waals surface area contributed by atoms with Crippen molar-refractivity contribution in [1.82, 2.24) is 0 Å². The Balaban J connectivity index is 2.25. The van der Waals surface area contributed by atoms with Crippen LogP contribution in [0.25, 0.3) is 0 Å². The van der Waals surface area contributed by atoms with Crippen LogP contribution in [0.2, 0.25) is 0 Å². The molecule has 1 aliphatic carbocycles. The summed E-state index contributed by atoms with van der Waals surface area (Å²) in [4.78, 5) is 10.6. The van der Waals surface area contributed by atoms with Gasteiger partial charge in [-0.3, -0.25) is 0 Å². The Labute approximate surface area is 117 Å². The van der Waals surface area contributed by atoms with Crippen LogP contribution in [0.4, 0.5) is 0 Å². The van der Waals surface area contributed by atoms with E-state index in [0.29, 0.717) is 0 Å². The fourth-order valence-electron chi connectivity index (χ4n) is 2.84. The lowest BCUT2D eigenvalue weighted by Gasteiger charge is -2.17. The van der Waals surface area contributed by atoms with E-state index in [-0.39, 0.29) is 12.7 Å². The number of carbonyl (C=O) groups is 1. The molecule has 0 saturated heterocycles. The molecule has 0 spiro atoms. The minimum Gasteiger partial charge on any atom is -0.480 e. The molecule has 19 heavy (non-hydrogen) atoms. The zero-order valence-electron chi connectivity index (χ0n) is 12.2. The SMILES string of the molecule is O=C(O)COC1CCCCCCCCCCCCC1. The molecule has 0 heterocycles. The minimum atomic E-state index is -0.848. The molecule has 1 aliphatic rings. The molecule has 0 radical (unpaired) electrons. The van der Waals surface area contributed by atoms with E-state index in [1.807, 2.05) is 0 Å². The summed E-state index contributed by atoms with van der Waals surface area (Å²) in [6.07, 6.45) is 16.7. The van der Waals surface area contributed by atoms with Gasteiger partial charge in [0.15, 0.2) is 0 Å².